The maximum absolute atomic E-state index is 12.1. The summed E-state index contributed by atoms with van der Waals surface area (Å²) in [6.07, 6.45) is 6.28. The molecule has 3 rings (SSSR count). The van der Waals surface area contributed by atoms with Gasteiger partial charge in [0.2, 0.25) is 0 Å². The number of benzene rings is 1. The molecule has 2 atom stereocenters. The Hall–Kier alpha value is -1.55. The number of nitrogens with two attached hydrogens (primary N) is 1. The molecule has 114 valence electrons. The Kier molecular flexibility index (Phi) is 4.44. The normalized spacial score (nSPS) is 26.1. The molecule has 0 bridgehead atoms. The maximum atomic E-state index is 12.1. The Morgan fingerprint density at radius 2 is 1.90 bits per heavy atom. The van der Waals surface area contributed by atoms with E-state index in [-0.39, 0.29) is 5.97 Å². The number of anilines is 1. The first kappa shape index (κ1) is 14.4. The van der Waals surface area contributed by atoms with Crippen LogP contribution >= 0.6 is 0 Å². The molecule has 4 nitrogen and oxygen atoms in total. The number of ether oxygens (including phenoxy) is 1. The highest BCUT2D eigenvalue weighted by atomic mass is 16.5. The van der Waals surface area contributed by atoms with Crippen LogP contribution in [0.4, 0.5) is 5.69 Å². The zero-order valence-electron chi connectivity index (χ0n) is 12.5. The number of nitrogens with zero attached hydrogens (tertiary/aromatic N) is 1. The highest BCUT2D eigenvalue weighted by molar-refractivity contribution is 5.89. The van der Waals surface area contributed by atoms with Gasteiger partial charge in [-0.1, -0.05) is 6.42 Å². The molecule has 2 saturated heterocycles. The van der Waals surface area contributed by atoms with Gasteiger partial charge in [-0.3, -0.25) is 4.90 Å². The van der Waals surface area contributed by atoms with Crippen LogP contribution in [0, 0.1) is 5.92 Å². The van der Waals surface area contributed by atoms with Crippen LogP contribution in [0.3, 0.4) is 0 Å². The van der Waals surface area contributed by atoms with Crippen molar-refractivity contribution >= 4 is 11.7 Å². The molecule has 1 aromatic rings. The van der Waals surface area contributed by atoms with E-state index in [0.29, 0.717) is 29.8 Å². The number of piperidine rings is 2. The molecular weight excluding hydrogens is 264 g/mol. The van der Waals surface area contributed by atoms with Crippen molar-refractivity contribution in [3.63, 3.8) is 0 Å². The molecule has 0 amide bonds. The first-order chi connectivity index (χ1) is 10.2. The fourth-order valence-corrected chi connectivity index (χ4v) is 3.66. The minimum Gasteiger partial charge on any atom is -0.462 e. The second-order valence-corrected chi connectivity index (χ2v) is 6.22. The van der Waals surface area contributed by atoms with E-state index >= 15 is 0 Å². The second kappa shape index (κ2) is 6.48. The Labute approximate surface area is 126 Å². The van der Waals surface area contributed by atoms with Crippen LogP contribution < -0.4 is 5.73 Å². The summed E-state index contributed by atoms with van der Waals surface area (Å²) in [5, 5.41) is 0. The van der Waals surface area contributed by atoms with Crippen molar-refractivity contribution in [2.45, 2.75) is 38.1 Å². The predicted octanol–water partition coefficient (Wildman–Crippen LogP) is 2.69. The van der Waals surface area contributed by atoms with Crippen molar-refractivity contribution in [3.8, 4) is 0 Å². The summed E-state index contributed by atoms with van der Waals surface area (Å²) in [5.74, 6) is 0.264. The average Bonchev–Trinajstić information content (AvgIpc) is 2.53. The van der Waals surface area contributed by atoms with Crippen LogP contribution in [0.1, 0.15) is 42.5 Å². The summed E-state index contributed by atoms with van der Waals surface area (Å²) >= 11 is 0. The summed E-state index contributed by atoms with van der Waals surface area (Å²) < 4.78 is 5.55. The Bertz CT molecular complexity index is 484. The number of rotatable bonds is 3. The molecule has 0 unspecified atom stereocenters. The third-order valence-corrected chi connectivity index (χ3v) is 4.80. The van der Waals surface area contributed by atoms with Crippen molar-refractivity contribution in [2.24, 2.45) is 5.92 Å². The summed E-state index contributed by atoms with van der Waals surface area (Å²) in [6, 6.07) is 7.54. The van der Waals surface area contributed by atoms with Crippen molar-refractivity contribution < 1.29 is 9.53 Å². The number of hydrogen-bond donors (Lipinski definition) is 1. The van der Waals surface area contributed by atoms with E-state index < -0.39 is 0 Å². The molecule has 21 heavy (non-hydrogen) atoms. The van der Waals surface area contributed by atoms with Gasteiger partial charge in [0.05, 0.1) is 12.2 Å². The van der Waals surface area contributed by atoms with E-state index in [1.54, 1.807) is 24.3 Å². The fraction of sp³-hybridized carbons (Fsp3) is 0.588. The summed E-state index contributed by atoms with van der Waals surface area (Å²) in [5.41, 5.74) is 6.88. The van der Waals surface area contributed by atoms with E-state index in [1.165, 1.54) is 45.2 Å². The molecule has 1 aromatic carbocycles. The van der Waals surface area contributed by atoms with E-state index in [2.05, 4.69) is 4.90 Å². The van der Waals surface area contributed by atoms with Crippen LogP contribution in [-0.2, 0) is 4.74 Å². The number of hydrogen-bond acceptors (Lipinski definition) is 4. The third-order valence-electron chi connectivity index (χ3n) is 4.80. The molecule has 2 heterocycles. The van der Waals surface area contributed by atoms with Gasteiger partial charge < -0.3 is 10.5 Å². The van der Waals surface area contributed by atoms with Gasteiger partial charge in [-0.2, -0.15) is 0 Å². The predicted molar refractivity (Wildman–Crippen MR) is 83.1 cm³/mol. The van der Waals surface area contributed by atoms with Crippen molar-refractivity contribution in [1.29, 1.82) is 0 Å². The van der Waals surface area contributed by atoms with Gasteiger partial charge in [0, 0.05) is 17.6 Å². The topological polar surface area (TPSA) is 55.6 Å². The molecule has 0 radical (unpaired) electrons. The largest absolute Gasteiger partial charge is 0.462 e. The van der Waals surface area contributed by atoms with Gasteiger partial charge in [0.15, 0.2) is 0 Å². The van der Waals surface area contributed by atoms with E-state index in [9.17, 15) is 4.79 Å². The number of esters is 1. The molecule has 2 aliphatic heterocycles. The van der Waals surface area contributed by atoms with Gasteiger partial charge >= 0.3 is 5.97 Å². The van der Waals surface area contributed by atoms with Crippen LogP contribution in [-0.4, -0.2) is 36.6 Å². The van der Waals surface area contributed by atoms with Crippen molar-refractivity contribution in [1.82, 2.24) is 4.90 Å². The first-order valence-corrected chi connectivity index (χ1v) is 8.01. The zero-order valence-corrected chi connectivity index (χ0v) is 12.5. The zero-order chi connectivity index (χ0) is 14.7. The number of carbonyl (C=O) groups excluding carboxylic acids is 1. The van der Waals surface area contributed by atoms with Crippen molar-refractivity contribution in [2.75, 3.05) is 25.4 Å². The van der Waals surface area contributed by atoms with Gasteiger partial charge in [0.25, 0.3) is 0 Å². The lowest BCUT2D eigenvalue weighted by molar-refractivity contribution is 0.00739. The number of nitrogen functional groups attached to an aromatic ring is 1. The van der Waals surface area contributed by atoms with Crippen LogP contribution in [0.5, 0.6) is 0 Å². The maximum Gasteiger partial charge on any atom is 0.338 e. The van der Waals surface area contributed by atoms with Crippen LogP contribution in [0.15, 0.2) is 24.3 Å². The lowest BCUT2D eigenvalue weighted by Crippen LogP contribution is -2.49. The summed E-state index contributed by atoms with van der Waals surface area (Å²) in [6.45, 7) is 2.98. The van der Waals surface area contributed by atoms with E-state index in [4.69, 9.17) is 10.5 Å². The molecule has 0 saturated carbocycles. The number of fused-ring (bicyclic) bond motifs is 1. The standard InChI is InChI=1S/C17H24N2O2/c18-15-8-6-13(7-9-15)17(20)21-12-14-4-3-11-19-10-2-1-5-16(14)19/h6-9,14,16H,1-5,10-12,18H2/t14-,16-/m1/s1. The SMILES string of the molecule is Nc1ccc(C(=O)OC[C@H]2CCCN3CCCC[C@H]23)cc1. The minimum absolute atomic E-state index is 0.233. The molecule has 0 aromatic heterocycles. The first-order valence-electron chi connectivity index (χ1n) is 8.01. The Morgan fingerprint density at radius 1 is 1.14 bits per heavy atom. The summed E-state index contributed by atoms with van der Waals surface area (Å²) in [7, 11) is 0. The molecule has 2 fully saturated rings. The molecule has 0 spiro atoms. The lowest BCUT2D eigenvalue weighted by Gasteiger charge is -2.44. The van der Waals surface area contributed by atoms with Gasteiger partial charge in [-0.25, -0.2) is 4.79 Å². The van der Waals surface area contributed by atoms with Crippen LogP contribution in [0.2, 0.25) is 0 Å². The van der Waals surface area contributed by atoms with E-state index in [0.717, 1.165) is 0 Å². The quantitative estimate of drug-likeness (QED) is 0.686. The van der Waals surface area contributed by atoms with Crippen molar-refractivity contribution in [3.05, 3.63) is 29.8 Å². The smallest absolute Gasteiger partial charge is 0.338 e. The van der Waals surface area contributed by atoms with Gasteiger partial charge in [0.1, 0.15) is 0 Å². The van der Waals surface area contributed by atoms with E-state index in [1.807, 2.05) is 0 Å². The van der Waals surface area contributed by atoms with Gasteiger partial charge in [-0.15, -0.1) is 0 Å². The van der Waals surface area contributed by atoms with Crippen LogP contribution in [0.25, 0.3) is 0 Å². The average molecular weight is 288 g/mol. The summed E-state index contributed by atoms with van der Waals surface area (Å²) in [4.78, 5) is 14.7. The molecule has 2 aliphatic rings. The Balaban J connectivity index is 1.56. The fourth-order valence-electron chi connectivity index (χ4n) is 3.66. The highest BCUT2D eigenvalue weighted by Gasteiger charge is 2.33. The monoisotopic (exact) mass is 288 g/mol. The second-order valence-electron chi connectivity index (χ2n) is 6.22. The lowest BCUT2D eigenvalue weighted by atomic mass is 9.84. The Morgan fingerprint density at radius 3 is 2.71 bits per heavy atom. The molecule has 2 N–H and O–H groups in total. The molecule has 0 aliphatic carbocycles. The van der Waals surface area contributed by atoms with Gasteiger partial charge in [-0.05, 0) is 63.0 Å². The molecule has 4 heteroatoms. The third kappa shape index (κ3) is 3.38. The highest BCUT2D eigenvalue weighted by Crippen LogP contribution is 2.31. The number of carbonyl (C=O) groups is 1. The molecular formula is C17H24N2O2. The minimum atomic E-state index is -0.233.